The SMILES string of the molecule is CC(C)(C)S(=O)(=O)c1ccc2nccc(Nc3[nH]nc4ncc(F)cc34)c2c1. The number of sulfone groups is 1. The van der Waals surface area contributed by atoms with E-state index >= 15 is 0 Å². The Hall–Kier alpha value is -3.07. The number of nitrogens with zero attached hydrogens (tertiary/aromatic N) is 3. The van der Waals surface area contributed by atoms with Crippen molar-refractivity contribution < 1.29 is 12.8 Å². The third-order valence-electron chi connectivity index (χ3n) is 4.47. The van der Waals surface area contributed by atoms with E-state index in [0.717, 1.165) is 6.20 Å². The van der Waals surface area contributed by atoms with Gasteiger partial charge in [-0.2, -0.15) is 5.10 Å². The Morgan fingerprint density at radius 2 is 1.86 bits per heavy atom. The quantitative estimate of drug-likeness (QED) is 0.541. The molecule has 0 atom stereocenters. The predicted octanol–water partition coefficient (Wildman–Crippen LogP) is 3.96. The molecule has 0 fully saturated rings. The average molecular weight is 399 g/mol. The molecule has 9 heteroatoms. The zero-order valence-corrected chi connectivity index (χ0v) is 16.3. The molecule has 144 valence electrons. The van der Waals surface area contributed by atoms with Crippen molar-refractivity contribution in [3.05, 3.63) is 48.5 Å². The van der Waals surface area contributed by atoms with Gasteiger partial charge in [-0.1, -0.05) is 0 Å². The van der Waals surface area contributed by atoms with E-state index in [9.17, 15) is 12.8 Å². The molecular formula is C19H18FN5O2S. The standard InChI is InChI=1S/C19H18FN5O2S/c1-19(2,3)28(26,27)12-4-5-15-13(9-12)16(6-7-21-15)23-18-14-8-11(20)10-22-17(14)24-25-18/h4-10H,1-3H3,(H2,21,22,23,24,25). The third-order valence-corrected chi connectivity index (χ3v) is 6.95. The van der Waals surface area contributed by atoms with Crippen LogP contribution in [-0.2, 0) is 9.84 Å². The normalized spacial score (nSPS) is 12.6. The van der Waals surface area contributed by atoms with Crippen LogP contribution in [0.3, 0.4) is 0 Å². The summed E-state index contributed by atoms with van der Waals surface area (Å²) >= 11 is 0. The largest absolute Gasteiger partial charge is 0.339 e. The van der Waals surface area contributed by atoms with Gasteiger partial charge in [-0.15, -0.1) is 0 Å². The minimum Gasteiger partial charge on any atom is -0.339 e. The van der Waals surface area contributed by atoms with Gasteiger partial charge >= 0.3 is 0 Å². The Morgan fingerprint density at radius 1 is 1.07 bits per heavy atom. The number of anilines is 2. The molecule has 0 radical (unpaired) electrons. The smallest absolute Gasteiger partial charge is 0.183 e. The Balaban J connectivity index is 1.85. The predicted molar refractivity (Wildman–Crippen MR) is 106 cm³/mol. The van der Waals surface area contributed by atoms with Crippen LogP contribution in [-0.4, -0.2) is 33.3 Å². The second-order valence-corrected chi connectivity index (χ2v) is 10.1. The molecule has 0 aliphatic carbocycles. The van der Waals surface area contributed by atoms with E-state index in [1.54, 1.807) is 51.2 Å². The maximum Gasteiger partial charge on any atom is 0.183 e. The number of aromatic nitrogens is 4. The molecule has 2 N–H and O–H groups in total. The molecule has 4 aromatic rings. The Kier molecular flexibility index (Phi) is 4.07. The van der Waals surface area contributed by atoms with Gasteiger partial charge in [0.05, 0.1) is 32.4 Å². The molecule has 0 amide bonds. The second kappa shape index (κ2) is 6.23. The van der Waals surface area contributed by atoms with E-state index in [1.165, 1.54) is 6.07 Å². The van der Waals surface area contributed by atoms with Crippen LogP contribution in [0.1, 0.15) is 20.8 Å². The summed E-state index contributed by atoms with van der Waals surface area (Å²) < 4.78 is 38.3. The fourth-order valence-corrected chi connectivity index (χ4v) is 4.09. The van der Waals surface area contributed by atoms with Gasteiger partial charge < -0.3 is 5.32 Å². The first-order valence-electron chi connectivity index (χ1n) is 8.57. The van der Waals surface area contributed by atoms with Crippen molar-refractivity contribution in [3.63, 3.8) is 0 Å². The summed E-state index contributed by atoms with van der Waals surface area (Å²) in [7, 11) is -3.52. The van der Waals surface area contributed by atoms with Gasteiger partial charge in [0.2, 0.25) is 0 Å². The van der Waals surface area contributed by atoms with Crippen molar-refractivity contribution in [1.29, 1.82) is 0 Å². The lowest BCUT2D eigenvalue weighted by Crippen LogP contribution is -2.27. The van der Waals surface area contributed by atoms with Crippen molar-refractivity contribution in [2.24, 2.45) is 0 Å². The molecule has 0 aliphatic heterocycles. The van der Waals surface area contributed by atoms with Crippen molar-refractivity contribution in [2.45, 2.75) is 30.4 Å². The number of hydrogen-bond donors (Lipinski definition) is 2. The molecule has 0 saturated carbocycles. The number of hydrogen-bond acceptors (Lipinski definition) is 6. The maximum atomic E-state index is 13.6. The summed E-state index contributed by atoms with van der Waals surface area (Å²) in [5.74, 6) is -0.0197. The zero-order chi connectivity index (χ0) is 20.1. The number of nitrogens with one attached hydrogen (secondary N) is 2. The average Bonchev–Trinajstić information content (AvgIpc) is 3.02. The van der Waals surface area contributed by atoms with E-state index in [1.807, 2.05) is 0 Å². The highest BCUT2D eigenvalue weighted by Gasteiger charge is 2.31. The van der Waals surface area contributed by atoms with Gasteiger partial charge in [0, 0.05) is 11.6 Å². The third kappa shape index (κ3) is 2.97. The highest BCUT2D eigenvalue weighted by Crippen LogP contribution is 2.32. The summed E-state index contributed by atoms with van der Waals surface area (Å²) in [5.41, 5.74) is 1.62. The van der Waals surface area contributed by atoms with E-state index in [2.05, 4.69) is 25.5 Å². The highest BCUT2D eigenvalue weighted by molar-refractivity contribution is 7.92. The lowest BCUT2D eigenvalue weighted by molar-refractivity contribution is 0.560. The first-order chi connectivity index (χ1) is 13.2. The van der Waals surface area contributed by atoms with Gasteiger partial charge in [-0.3, -0.25) is 10.1 Å². The van der Waals surface area contributed by atoms with Crippen LogP contribution in [0.15, 0.2) is 47.6 Å². The van der Waals surface area contributed by atoms with Crippen LogP contribution in [0, 0.1) is 5.82 Å². The number of rotatable bonds is 3. The summed E-state index contributed by atoms with van der Waals surface area (Å²) in [6.45, 7) is 4.98. The van der Waals surface area contributed by atoms with Crippen LogP contribution in [0.5, 0.6) is 0 Å². The number of pyridine rings is 2. The van der Waals surface area contributed by atoms with Crippen molar-refractivity contribution in [2.75, 3.05) is 5.32 Å². The Labute approximate surface area is 160 Å². The Bertz CT molecular complexity index is 1310. The van der Waals surface area contributed by atoms with Gasteiger partial charge in [0.25, 0.3) is 0 Å². The fourth-order valence-electron chi connectivity index (χ4n) is 2.86. The van der Waals surface area contributed by atoms with Gasteiger partial charge in [0.1, 0.15) is 11.6 Å². The molecule has 0 aliphatic rings. The molecule has 0 unspecified atom stereocenters. The summed E-state index contributed by atoms with van der Waals surface area (Å²) in [6, 6.07) is 7.88. The van der Waals surface area contributed by atoms with E-state index in [-0.39, 0.29) is 4.90 Å². The summed E-state index contributed by atoms with van der Waals surface area (Å²) in [5, 5.41) is 11.1. The van der Waals surface area contributed by atoms with Gasteiger partial charge in [-0.25, -0.2) is 17.8 Å². The van der Waals surface area contributed by atoms with Crippen LogP contribution in [0.25, 0.3) is 21.9 Å². The molecule has 0 bridgehead atoms. The van der Waals surface area contributed by atoms with Crippen LogP contribution >= 0.6 is 0 Å². The minimum atomic E-state index is -3.52. The lowest BCUT2D eigenvalue weighted by Gasteiger charge is -2.19. The fraction of sp³-hybridized carbons (Fsp3) is 0.211. The summed E-state index contributed by atoms with van der Waals surface area (Å²) in [4.78, 5) is 8.44. The van der Waals surface area contributed by atoms with Crippen molar-refractivity contribution in [1.82, 2.24) is 20.2 Å². The minimum absolute atomic E-state index is 0.214. The van der Waals surface area contributed by atoms with Crippen molar-refractivity contribution in [3.8, 4) is 0 Å². The first kappa shape index (κ1) is 18.3. The molecular weight excluding hydrogens is 381 g/mol. The number of halogens is 1. The van der Waals surface area contributed by atoms with Gasteiger partial charge in [0.15, 0.2) is 15.5 Å². The molecule has 3 aromatic heterocycles. The number of benzene rings is 1. The molecule has 7 nitrogen and oxygen atoms in total. The highest BCUT2D eigenvalue weighted by atomic mass is 32.2. The second-order valence-electron chi connectivity index (χ2n) is 7.40. The molecule has 0 saturated heterocycles. The van der Waals surface area contributed by atoms with Crippen LogP contribution < -0.4 is 5.32 Å². The lowest BCUT2D eigenvalue weighted by atomic mass is 10.2. The topological polar surface area (TPSA) is 101 Å². The van der Waals surface area contributed by atoms with Crippen LogP contribution in [0.2, 0.25) is 0 Å². The first-order valence-corrected chi connectivity index (χ1v) is 10.1. The Morgan fingerprint density at radius 3 is 2.61 bits per heavy atom. The van der Waals surface area contributed by atoms with E-state index in [0.29, 0.717) is 33.4 Å². The van der Waals surface area contributed by atoms with Crippen molar-refractivity contribution >= 4 is 43.3 Å². The van der Waals surface area contributed by atoms with Gasteiger partial charge in [-0.05, 0) is 51.1 Å². The molecule has 0 spiro atoms. The zero-order valence-electron chi connectivity index (χ0n) is 15.5. The summed E-state index contributed by atoms with van der Waals surface area (Å²) in [6.07, 6.45) is 2.71. The molecule has 3 heterocycles. The van der Waals surface area contributed by atoms with E-state index < -0.39 is 20.4 Å². The molecule has 1 aromatic carbocycles. The van der Waals surface area contributed by atoms with Crippen LogP contribution in [0.4, 0.5) is 15.9 Å². The van der Waals surface area contributed by atoms with E-state index in [4.69, 9.17) is 0 Å². The monoisotopic (exact) mass is 399 g/mol. The number of aromatic amines is 1. The molecule has 4 rings (SSSR count). The molecule has 28 heavy (non-hydrogen) atoms. The number of H-pyrrole nitrogens is 1. The number of fused-ring (bicyclic) bond motifs is 2. The maximum absolute atomic E-state index is 13.6.